The standard InChI is InChI=1S/C11H11IO2/c12-9-3-1-2-8(6-9)11-7-10(13)4-5-14-11/h1-3,6,11H,4-5,7H2. The minimum absolute atomic E-state index is 0.0223. The highest BCUT2D eigenvalue weighted by atomic mass is 127. The number of rotatable bonds is 1. The summed E-state index contributed by atoms with van der Waals surface area (Å²) in [5.74, 6) is 0.306. The molecule has 1 unspecified atom stereocenters. The monoisotopic (exact) mass is 302 g/mol. The van der Waals surface area contributed by atoms with Crippen LogP contribution in [0.5, 0.6) is 0 Å². The SMILES string of the molecule is O=C1CCOC(c2cccc(I)c2)C1. The molecule has 0 aliphatic carbocycles. The first-order chi connectivity index (χ1) is 6.75. The van der Waals surface area contributed by atoms with Crippen molar-refractivity contribution in [3.05, 3.63) is 33.4 Å². The first-order valence-electron chi connectivity index (χ1n) is 4.64. The lowest BCUT2D eigenvalue weighted by molar-refractivity contribution is -0.128. The Morgan fingerprint density at radius 2 is 2.29 bits per heavy atom. The van der Waals surface area contributed by atoms with E-state index in [0.717, 1.165) is 5.56 Å². The fourth-order valence-electron chi connectivity index (χ4n) is 1.60. The van der Waals surface area contributed by atoms with E-state index < -0.39 is 0 Å². The van der Waals surface area contributed by atoms with Crippen LogP contribution in [0, 0.1) is 3.57 Å². The summed E-state index contributed by atoms with van der Waals surface area (Å²) in [6.07, 6.45) is 1.08. The zero-order valence-corrected chi connectivity index (χ0v) is 9.86. The molecule has 14 heavy (non-hydrogen) atoms. The van der Waals surface area contributed by atoms with Crippen molar-refractivity contribution in [2.45, 2.75) is 18.9 Å². The molecule has 0 aromatic heterocycles. The summed E-state index contributed by atoms with van der Waals surface area (Å²) in [6, 6.07) is 8.13. The van der Waals surface area contributed by atoms with Gasteiger partial charge in [-0.15, -0.1) is 0 Å². The molecular formula is C11H11IO2. The largest absolute Gasteiger partial charge is 0.373 e. The van der Waals surface area contributed by atoms with Gasteiger partial charge in [-0.25, -0.2) is 0 Å². The van der Waals surface area contributed by atoms with Crippen LogP contribution in [0.2, 0.25) is 0 Å². The fraction of sp³-hybridized carbons (Fsp3) is 0.364. The third kappa shape index (κ3) is 2.33. The molecule has 0 bridgehead atoms. The minimum atomic E-state index is -0.0223. The number of halogens is 1. The number of ether oxygens (including phenoxy) is 1. The summed E-state index contributed by atoms with van der Waals surface area (Å²) in [5, 5.41) is 0. The van der Waals surface area contributed by atoms with Crippen LogP contribution in [0.25, 0.3) is 0 Å². The number of hydrogen-bond acceptors (Lipinski definition) is 2. The Morgan fingerprint density at radius 1 is 1.43 bits per heavy atom. The third-order valence-corrected chi connectivity index (χ3v) is 3.00. The molecule has 1 saturated heterocycles. The summed E-state index contributed by atoms with van der Waals surface area (Å²) >= 11 is 2.27. The number of carbonyl (C=O) groups is 1. The zero-order chi connectivity index (χ0) is 9.97. The summed E-state index contributed by atoms with van der Waals surface area (Å²) in [5.41, 5.74) is 1.12. The molecule has 1 aromatic rings. The van der Waals surface area contributed by atoms with Crippen molar-refractivity contribution >= 4 is 28.4 Å². The Bertz CT molecular complexity index is 349. The molecule has 1 aliphatic rings. The normalized spacial score (nSPS) is 22.4. The number of ketones is 1. The Hall–Kier alpha value is -0.420. The van der Waals surface area contributed by atoms with Crippen molar-refractivity contribution < 1.29 is 9.53 Å². The number of carbonyl (C=O) groups excluding carboxylic acids is 1. The van der Waals surface area contributed by atoms with Gasteiger partial charge >= 0.3 is 0 Å². The van der Waals surface area contributed by atoms with Gasteiger partial charge in [-0.3, -0.25) is 4.79 Å². The molecule has 0 saturated carbocycles. The predicted octanol–water partition coefficient (Wildman–Crippen LogP) is 2.71. The molecule has 1 aromatic carbocycles. The molecule has 2 nitrogen and oxygen atoms in total. The molecular weight excluding hydrogens is 291 g/mol. The number of Topliss-reactive ketones (excluding diaryl/α,β-unsaturated/α-hetero) is 1. The summed E-state index contributed by atoms with van der Waals surface area (Å²) in [4.78, 5) is 11.2. The molecule has 2 rings (SSSR count). The predicted molar refractivity (Wildman–Crippen MR) is 62.1 cm³/mol. The number of benzene rings is 1. The van der Waals surface area contributed by atoms with E-state index in [2.05, 4.69) is 28.7 Å². The molecule has 0 spiro atoms. The minimum Gasteiger partial charge on any atom is -0.373 e. The van der Waals surface area contributed by atoms with Crippen LogP contribution in [0.1, 0.15) is 24.5 Å². The van der Waals surface area contributed by atoms with Gasteiger partial charge in [0.2, 0.25) is 0 Å². The van der Waals surface area contributed by atoms with Crippen LogP contribution in [-0.4, -0.2) is 12.4 Å². The van der Waals surface area contributed by atoms with Crippen molar-refractivity contribution in [3.63, 3.8) is 0 Å². The Morgan fingerprint density at radius 3 is 3.00 bits per heavy atom. The van der Waals surface area contributed by atoms with Gasteiger partial charge in [-0.2, -0.15) is 0 Å². The van der Waals surface area contributed by atoms with Gasteiger partial charge in [0.15, 0.2) is 0 Å². The van der Waals surface area contributed by atoms with Crippen LogP contribution in [0.15, 0.2) is 24.3 Å². The molecule has 1 aliphatic heterocycles. The molecule has 1 fully saturated rings. The second-order valence-electron chi connectivity index (χ2n) is 3.41. The second-order valence-corrected chi connectivity index (χ2v) is 4.65. The average molecular weight is 302 g/mol. The molecule has 1 heterocycles. The van der Waals surface area contributed by atoms with Gasteiger partial charge in [0, 0.05) is 16.4 Å². The maximum absolute atomic E-state index is 11.2. The van der Waals surface area contributed by atoms with Gasteiger partial charge in [0.25, 0.3) is 0 Å². The third-order valence-electron chi connectivity index (χ3n) is 2.33. The van der Waals surface area contributed by atoms with E-state index in [9.17, 15) is 4.79 Å². The Labute approximate surface area is 96.8 Å². The van der Waals surface area contributed by atoms with Crippen LogP contribution < -0.4 is 0 Å². The van der Waals surface area contributed by atoms with Gasteiger partial charge in [0.1, 0.15) is 5.78 Å². The Balaban J connectivity index is 2.17. The lowest BCUT2D eigenvalue weighted by Crippen LogP contribution is -2.19. The Kier molecular flexibility index (Phi) is 3.18. The smallest absolute Gasteiger partial charge is 0.138 e. The van der Waals surface area contributed by atoms with E-state index in [1.165, 1.54) is 3.57 Å². The lowest BCUT2D eigenvalue weighted by atomic mass is 10.0. The summed E-state index contributed by atoms with van der Waals surface area (Å²) < 4.78 is 6.75. The van der Waals surface area contributed by atoms with Gasteiger partial charge in [-0.1, -0.05) is 12.1 Å². The van der Waals surface area contributed by atoms with E-state index in [1.807, 2.05) is 18.2 Å². The maximum Gasteiger partial charge on any atom is 0.138 e. The van der Waals surface area contributed by atoms with Crippen molar-refractivity contribution in [2.24, 2.45) is 0 Å². The highest BCUT2D eigenvalue weighted by molar-refractivity contribution is 14.1. The van der Waals surface area contributed by atoms with E-state index in [-0.39, 0.29) is 6.10 Å². The van der Waals surface area contributed by atoms with E-state index in [4.69, 9.17) is 4.74 Å². The highest BCUT2D eigenvalue weighted by Gasteiger charge is 2.21. The summed E-state index contributed by atoms with van der Waals surface area (Å²) in [6.45, 7) is 0.564. The van der Waals surface area contributed by atoms with Crippen molar-refractivity contribution in [3.8, 4) is 0 Å². The lowest BCUT2D eigenvalue weighted by Gasteiger charge is -2.22. The van der Waals surface area contributed by atoms with Crippen LogP contribution in [0.4, 0.5) is 0 Å². The van der Waals surface area contributed by atoms with E-state index in [1.54, 1.807) is 0 Å². The topological polar surface area (TPSA) is 26.3 Å². The average Bonchev–Trinajstić information content (AvgIpc) is 2.18. The molecule has 0 N–H and O–H groups in total. The summed E-state index contributed by atoms with van der Waals surface area (Å²) in [7, 11) is 0. The van der Waals surface area contributed by atoms with E-state index in [0.29, 0.717) is 25.2 Å². The van der Waals surface area contributed by atoms with Crippen molar-refractivity contribution in [2.75, 3.05) is 6.61 Å². The van der Waals surface area contributed by atoms with Crippen molar-refractivity contribution in [1.82, 2.24) is 0 Å². The van der Waals surface area contributed by atoms with E-state index >= 15 is 0 Å². The molecule has 0 amide bonds. The molecule has 1 atom stereocenters. The van der Waals surface area contributed by atoms with Crippen LogP contribution in [-0.2, 0) is 9.53 Å². The fourth-order valence-corrected chi connectivity index (χ4v) is 2.17. The maximum atomic E-state index is 11.2. The molecule has 74 valence electrons. The van der Waals surface area contributed by atoms with Gasteiger partial charge in [-0.05, 0) is 40.3 Å². The zero-order valence-electron chi connectivity index (χ0n) is 7.70. The first kappa shape index (κ1) is 10.1. The van der Waals surface area contributed by atoms with Gasteiger partial charge < -0.3 is 4.74 Å². The molecule has 0 radical (unpaired) electrons. The van der Waals surface area contributed by atoms with Gasteiger partial charge in [0.05, 0.1) is 12.7 Å². The van der Waals surface area contributed by atoms with Crippen LogP contribution >= 0.6 is 22.6 Å². The van der Waals surface area contributed by atoms with Crippen LogP contribution in [0.3, 0.4) is 0 Å². The number of hydrogen-bond donors (Lipinski definition) is 0. The quantitative estimate of drug-likeness (QED) is 0.746. The molecule has 3 heteroatoms. The highest BCUT2D eigenvalue weighted by Crippen LogP contribution is 2.26. The first-order valence-corrected chi connectivity index (χ1v) is 5.72. The van der Waals surface area contributed by atoms with Crippen molar-refractivity contribution in [1.29, 1.82) is 0 Å². The second kappa shape index (κ2) is 4.40.